The molecular formula is C22H26N6O2. The molecule has 3 rings (SSSR count). The number of carbonyl (C=O) groups is 1. The molecule has 0 saturated carbocycles. The highest BCUT2D eigenvalue weighted by molar-refractivity contribution is 5.94. The van der Waals surface area contributed by atoms with Crippen molar-refractivity contribution in [2.45, 2.75) is 39.2 Å². The van der Waals surface area contributed by atoms with Gasteiger partial charge in [-0.3, -0.25) is 14.5 Å². The number of benzene rings is 1. The van der Waals surface area contributed by atoms with Crippen LogP contribution in [0.5, 0.6) is 5.75 Å². The molecule has 0 spiro atoms. The molecular weight excluding hydrogens is 380 g/mol. The smallest absolute Gasteiger partial charge is 0.271 e. The van der Waals surface area contributed by atoms with Crippen molar-refractivity contribution in [3.05, 3.63) is 71.8 Å². The van der Waals surface area contributed by atoms with Gasteiger partial charge in [0.1, 0.15) is 5.75 Å². The summed E-state index contributed by atoms with van der Waals surface area (Å²) in [6.07, 6.45) is 10.7. The Morgan fingerprint density at radius 3 is 2.73 bits per heavy atom. The molecule has 1 amide bonds. The maximum Gasteiger partial charge on any atom is 0.271 e. The van der Waals surface area contributed by atoms with Gasteiger partial charge in [0.2, 0.25) is 0 Å². The van der Waals surface area contributed by atoms with E-state index < -0.39 is 0 Å². The second-order valence-corrected chi connectivity index (χ2v) is 6.78. The van der Waals surface area contributed by atoms with Crippen LogP contribution < -0.4 is 10.2 Å². The molecule has 8 nitrogen and oxygen atoms in total. The summed E-state index contributed by atoms with van der Waals surface area (Å²) in [5.74, 6) is 0.528. The predicted molar refractivity (Wildman–Crippen MR) is 114 cm³/mol. The lowest BCUT2D eigenvalue weighted by molar-refractivity contribution is 0.0955. The van der Waals surface area contributed by atoms with E-state index in [1.165, 1.54) is 0 Å². The van der Waals surface area contributed by atoms with Gasteiger partial charge < -0.3 is 4.74 Å². The highest BCUT2D eigenvalue weighted by Crippen LogP contribution is 2.12. The Labute approximate surface area is 176 Å². The van der Waals surface area contributed by atoms with Crippen molar-refractivity contribution in [1.29, 1.82) is 0 Å². The van der Waals surface area contributed by atoms with E-state index in [-0.39, 0.29) is 5.91 Å². The van der Waals surface area contributed by atoms with E-state index in [0.29, 0.717) is 12.2 Å². The maximum absolute atomic E-state index is 11.9. The van der Waals surface area contributed by atoms with Gasteiger partial charge in [0, 0.05) is 30.7 Å². The SMILES string of the molecule is CCCc1cn(CCCCOc2ccc(/C=N/NC(=O)c3ccncc3)cc2)nn1. The average molecular weight is 406 g/mol. The third kappa shape index (κ3) is 6.80. The second kappa shape index (κ2) is 11.5. The Hall–Kier alpha value is -3.55. The van der Waals surface area contributed by atoms with Crippen molar-refractivity contribution in [2.24, 2.45) is 5.10 Å². The minimum Gasteiger partial charge on any atom is -0.494 e. The van der Waals surface area contributed by atoms with Gasteiger partial charge in [-0.1, -0.05) is 18.6 Å². The number of hydrogen-bond donors (Lipinski definition) is 1. The Morgan fingerprint density at radius 2 is 1.97 bits per heavy atom. The van der Waals surface area contributed by atoms with Crippen LogP contribution in [0, 0.1) is 0 Å². The normalized spacial score (nSPS) is 11.0. The molecule has 0 bridgehead atoms. The number of nitrogens with zero attached hydrogens (tertiary/aromatic N) is 5. The number of aromatic nitrogens is 4. The Balaban J connectivity index is 1.34. The summed E-state index contributed by atoms with van der Waals surface area (Å²) in [6, 6.07) is 10.8. The van der Waals surface area contributed by atoms with Gasteiger partial charge in [0.25, 0.3) is 5.91 Å². The molecule has 156 valence electrons. The van der Waals surface area contributed by atoms with E-state index >= 15 is 0 Å². The molecule has 3 aromatic rings. The zero-order chi connectivity index (χ0) is 21.0. The largest absolute Gasteiger partial charge is 0.494 e. The monoisotopic (exact) mass is 406 g/mol. The number of ether oxygens (including phenoxy) is 1. The van der Waals surface area contributed by atoms with Crippen molar-refractivity contribution >= 4 is 12.1 Å². The molecule has 0 unspecified atom stereocenters. The Morgan fingerprint density at radius 1 is 1.17 bits per heavy atom. The van der Waals surface area contributed by atoms with Crippen LogP contribution in [0.2, 0.25) is 0 Å². The number of unbranched alkanes of at least 4 members (excludes halogenated alkanes) is 1. The molecule has 0 atom stereocenters. The van der Waals surface area contributed by atoms with Crippen LogP contribution in [-0.2, 0) is 13.0 Å². The van der Waals surface area contributed by atoms with E-state index in [9.17, 15) is 4.79 Å². The predicted octanol–water partition coefficient (Wildman–Crippen LogP) is 3.25. The van der Waals surface area contributed by atoms with Crippen LogP contribution in [0.25, 0.3) is 0 Å². The quantitative estimate of drug-likeness (QED) is 0.300. The molecule has 30 heavy (non-hydrogen) atoms. The zero-order valence-corrected chi connectivity index (χ0v) is 17.1. The fourth-order valence-corrected chi connectivity index (χ4v) is 2.77. The van der Waals surface area contributed by atoms with E-state index in [1.54, 1.807) is 30.7 Å². The third-order valence-electron chi connectivity index (χ3n) is 4.34. The van der Waals surface area contributed by atoms with Crippen LogP contribution in [0.15, 0.2) is 60.1 Å². The van der Waals surface area contributed by atoms with Crippen molar-refractivity contribution in [1.82, 2.24) is 25.4 Å². The molecule has 0 aliphatic carbocycles. The number of carbonyl (C=O) groups excluding carboxylic acids is 1. The van der Waals surface area contributed by atoms with Crippen LogP contribution >= 0.6 is 0 Å². The van der Waals surface area contributed by atoms with Gasteiger partial charge in [-0.2, -0.15) is 5.10 Å². The summed E-state index contributed by atoms with van der Waals surface area (Å²) >= 11 is 0. The number of amides is 1. The van der Waals surface area contributed by atoms with Crippen LogP contribution in [0.4, 0.5) is 0 Å². The van der Waals surface area contributed by atoms with E-state index in [4.69, 9.17) is 4.74 Å². The van der Waals surface area contributed by atoms with Crippen LogP contribution in [0.3, 0.4) is 0 Å². The summed E-state index contributed by atoms with van der Waals surface area (Å²) in [6.45, 7) is 3.63. The summed E-state index contributed by atoms with van der Waals surface area (Å²) in [7, 11) is 0. The van der Waals surface area contributed by atoms with Gasteiger partial charge >= 0.3 is 0 Å². The highest BCUT2D eigenvalue weighted by Gasteiger charge is 2.02. The van der Waals surface area contributed by atoms with Crippen molar-refractivity contribution in [2.75, 3.05) is 6.61 Å². The first kappa shape index (κ1) is 21.2. The lowest BCUT2D eigenvalue weighted by Crippen LogP contribution is -2.17. The summed E-state index contributed by atoms with van der Waals surface area (Å²) < 4.78 is 7.67. The number of aryl methyl sites for hydroxylation is 2. The first-order chi connectivity index (χ1) is 14.7. The minimum atomic E-state index is -0.277. The van der Waals surface area contributed by atoms with Gasteiger partial charge in [0.15, 0.2) is 0 Å². The van der Waals surface area contributed by atoms with Gasteiger partial charge in [-0.05, 0) is 61.2 Å². The number of pyridine rings is 1. The first-order valence-electron chi connectivity index (χ1n) is 10.1. The number of rotatable bonds is 11. The van der Waals surface area contributed by atoms with E-state index in [2.05, 4.69) is 32.7 Å². The van der Waals surface area contributed by atoms with Crippen LogP contribution in [-0.4, -0.2) is 38.7 Å². The molecule has 1 aromatic carbocycles. The molecule has 0 saturated heterocycles. The number of nitrogens with one attached hydrogen (secondary N) is 1. The Kier molecular flexibility index (Phi) is 8.08. The third-order valence-corrected chi connectivity index (χ3v) is 4.34. The molecule has 0 aliphatic rings. The topological polar surface area (TPSA) is 94.3 Å². The lowest BCUT2D eigenvalue weighted by atomic mass is 10.2. The summed E-state index contributed by atoms with van der Waals surface area (Å²) in [5.41, 5.74) is 4.92. The first-order valence-corrected chi connectivity index (χ1v) is 10.1. The average Bonchev–Trinajstić information content (AvgIpc) is 3.23. The van der Waals surface area contributed by atoms with E-state index in [1.807, 2.05) is 35.1 Å². The fraction of sp³-hybridized carbons (Fsp3) is 0.318. The Bertz CT molecular complexity index is 938. The lowest BCUT2D eigenvalue weighted by Gasteiger charge is -2.06. The maximum atomic E-state index is 11.9. The van der Waals surface area contributed by atoms with Crippen molar-refractivity contribution in [3.63, 3.8) is 0 Å². The zero-order valence-electron chi connectivity index (χ0n) is 17.1. The molecule has 0 aliphatic heterocycles. The summed E-state index contributed by atoms with van der Waals surface area (Å²) in [4.78, 5) is 15.8. The number of hydrazone groups is 1. The fourth-order valence-electron chi connectivity index (χ4n) is 2.77. The standard InChI is InChI=1S/C22H26N6O2/c1-2-5-20-17-28(27-25-20)14-3-4-15-30-21-8-6-18(7-9-21)16-24-26-22(29)19-10-12-23-13-11-19/h6-13,16-17H,2-5,14-15H2,1H3,(H,26,29)/b24-16+. The second-order valence-electron chi connectivity index (χ2n) is 6.78. The van der Waals surface area contributed by atoms with Gasteiger partial charge in [0.05, 0.1) is 18.5 Å². The van der Waals surface area contributed by atoms with Gasteiger partial charge in [-0.15, -0.1) is 5.10 Å². The molecule has 0 fully saturated rings. The highest BCUT2D eigenvalue weighted by atomic mass is 16.5. The molecule has 8 heteroatoms. The molecule has 0 radical (unpaired) electrons. The molecule has 2 heterocycles. The molecule has 2 aromatic heterocycles. The van der Waals surface area contributed by atoms with E-state index in [0.717, 1.165) is 49.2 Å². The van der Waals surface area contributed by atoms with Gasteiger partial charge in [-0.25, -0.2) is 5.43 Å². The summed E-state index contributed by atoms with van der Waals surface area (Å²) in [5, 5.41) is 12.3. The minimum absolute atomic E-state index is 0.277. The van der Waals surface area contributed by atoms with Crippen molar-refractivity contribution < 1.29 is 9.53 Å². The van der Waals surface area contributed by atoms with Crippen LogP contribution in [0.1, 0.15) is 47.8 Å². The number of hydrogen-bond acceptors (Lipinski definition) is 6. The molecule has 1 N–H and O–H groups in total. The van der Waals surface area contributed by atoms with Crippen molar-refractivity contribution in [3.8, 4) is 5.75 Å².